The Balaban J connectivity index is 0.000000252. The molecule has 0 saturated carbocycles. The first-order valence-electron chi connectivity index (χ1n) is 2.84. The van der Waals surface area contributed by atoms with Gasteiger partial charge in [0.25, 0.3) is 0 Å². The van der Waals surface area contributed by atoms with E-state index in [1.807, 2.05) is 0 Å². The van der Waals surface area contributed by atoms with Gasteiger partial charge in [-0.25, -0.2) is 8.78 Å². The van der Waals surface area contributed by atoms with Crippen molar-refractivity contribution in [3.63, 3.8) is 0 Å². The van der Waals surface area contributed by atoms with E-state index in [-0.39, 0.29) is 0 Å². The van der Waals surface area contributed by atoms with Gasteiger partial charge in [0.2, 0.25) is 0 Å². The molecule has 0 aliphatic rings. The molecule has 0 aromatic heterocycles. The monoisotopic (exact) mass is 248 g/mol. The van der Waals surface area contributed by atoms with Crippen molar-refractivity contribution in [2.24, 2.45) is 0 Å². The van der Waals surface area contributed by atoms with E-state index in [0.717, 1.165) is 6.07 Å². The second-order valence-corrected chi connectivity index (χ2v) is 5.49. The van der Waals surface area contributed by atoms with E-state index < -0.39 is 19.9 Å². The SMILES string of the molecule is Fc1cccc(F)c1.O=S(=O)(Cl)Cl. The van der Waals surface area contributed by atoms with Crippen LogP contribution in [0.1, 0.15) is 0 Å². The van der Waals surface area contributed by atoms with Crippen LogP contribution in [0.2, 0.25) is 0 Å². The normalized spacial score (nSPS) is 10.2. The molecule has 0 heterocycles. The smallest absolute Gasteiger partial charge is 0.207 e. The third-order valence-electron chi connectivity index (χ3n) is 0.787. The van der Waals surface area contributed by atoms with Crippen LogP contribution in [0.5, 0.6) is 0 Å². The molecule has 1 aromatic carbocycles. The summed E-state index contributed by atoms with van der Waals surface area (Å²) in [6.07, 6.45) is 0. The third kappa shape index (κ3) is 11.6. The first-order valence-corrected chi connectivity index (χ1v) is 5.98. The van der Waals surface area contributed by atoms with Crippen LogP contribution in [-0.2, 0) is 8.26 Å². The predicted octanol–water partition coefficient (Wildman–Crippen LogP) is 2.67. The van der Waals surface area contributed by atoms with Gasteiger partial charge in [0.05, 0.1) is 0 Å². The van der Waals surface area contributed by atoms with Crippen LogP contribution in [0.15, 0.2) is 24.3 Å². The highest BCUT2D eigenvalue weighted by atomic mass is 36.0. The Bertz CT molecular complexity index is 341. The minimum Gasteiger partial charge on any atom is -0.207 e. The standard InChI is InChI=1S/C6H4F2.Cl2O2S/c7-5-2-1-3-6(8)4-5;1-5(2,3)4/h1-4H;. The van der Waals surface area contributed by atoms with Crippen molar-refractivity contribution in [1.82, 2.24) is 0 Å². The van der Waals surface area contributed by atoms with Gasteiger partial charge in [-0.3, -0.25) is 0 Å². The average molecular weight is 249 g/mol. The Morgan fingerprint density at radius 2 is 1.38 bits per heavy atom. The molecule has 0 atom stereocenters. The number of halogens is 4. The van der Waals surface area contributed by atoms with Crippen LogP contribution in [0, 0.1) is 11.6 Å². The number of benzene rings is 1. The minimum absolute atomic E-state index is 0.537. The number of rotatable bonds is 0. The van der Waals surface area contributed by atoms with Gasteiger partial charge in [0.15, 0.2) is 0 Å². The van der Waals surface area contributed by atoms with Gasteiger partial charge < -0.3 is 0 Å². The molecule has 0 unspecified atom stereocenters. The van der Waals surface area contributed by atoms with Crippen molar-refractivity contribution < 1.29 is 17.2 Å². The van der Waals surface area contributed by atoms with Crippen molar-refractivity contribution in [3.05, 3.63) is 35.9 Å². The molecule has 1 rings (SSSR count). The fraction of sp³-hybridized carbons (Fsp3) is 0. The molecule has 0 amide bonds. The highest BCUT2D eigenvalue weighted by molar-refractivity contribution is 8.31. The molecule has 0 bridgehead atoms. The van der Waals surface area contributed by atoms with E-state index in [1.165, 1.54) is 18.2 Å². The van der Waals surface area contributed by atoms with Crippen molar-refractivity contribution in [3.8, 4) is 0 Å². The lowest BCUT2D eigenvalue weighted by atomic mass is 10.3. The van der Waals surface area contributed by atoms with E-state index in [1.54, 1.807) is 0 Å². The zero-order chi connectivity index (χ0) is 10.5. The molecule has 0 fully saturated rings. The summed E-state index contributed by atoms with van der Waals surface area (Å²) in [6, 6.07) is 4.55. The van der Waals surface area contributed by atoms with Gasteiger partial charge >= 0.3 is 8.26 Å². The second-order valence-electron chi connectivity index (χ2n) is 1.82. The van der Waals surface area contributed by atoms with Crippen molar-refractivity contribution >= 4 is 29.6 Å². The van der Waals surface area contributed by atoms with Gasteiger partial charge in [-0.15, -0.1) is 0 Å². The molecule has 0 radical (unpaired) electrons. The molecule has 1 aromatic rings. The van der Waals surface area contributed by atoms with Crippen molar-refractivity contribution in [2.75, 3.05) is 0 Å². The first kappa shape index (κ1) is 12.6. The van der Waals surface area contributed by atoms with Gasteiger partial charge in [-0.05, 0) is 12.1 Å². The molecule has 2 nitrogen and oxygen atoms in total. The molecule has 13 heavy (non-hydrogen) atoms. The maximum atomic E-state index is 11.9. The Hall–Kier alpha value is -0.390. The summed E-state index contributed by atoms with van der Waals surface area (Å²) < 4.78 is 42.2. The number of hydrogen-bond acceptors (Lipinski definition) is 2. The third-order valence-corrected chi connectivity index (χ3v) is 0.787. The van der Waals surface area contributed by atoms with Crippen LogP contribution in [0.4, 0.5) is 8.78 Å². The summed E-state index contributed by atoms with van der Waals surface area (Å²) in [5.41, 5.74) is 0. The molecule has 0 N–H and O–H groups in total. The molecule has 0 aliphatic heterocycles. The maximum absolute atomic E-state index is 11.9. The summed E-state index contributed by atoms with van der Waals surface area (Å²) >= 11 is 0. The van der Waals surface area contributed by atoms with E-state index in [0.29, 0.717) is 0 Å². The molecule has 74 valence electrons. The average Bonchev–Trinajstić information content (AvgIpc) is 1.81. The lowest BCUT2D eigenvalue weighted by molar-refractivity contribution is 0.583. The zero-order valence-corrected chi connectivity index (χ0v) is 8.37. The molecule has 0 aliphatic carbocycles. The van der Waals surface area contributed by atoms with Crippen molar-refractivity contribution in [2.45, 2.75) is 0 Å². The lowest BCUT2D eigenvalue weighted by Crippen LogP contribution is -1.73. The zero-order valence-electron chi connectivity index (χ0n) is 6.05. The molecule has 7 heteroatoms. The predicted molar refractivity (Wildman–Crippen MR) is 47.0 cm³/mol. The van der Waals surface area contributed by atoms with Crippen LogP contribution in [-0.4, -0.2) is 8.42 Å². The van der Waals surface area contributed by atoms with Crippen LogP contribution in [0.25, 0.3) is 0 Å². The summed E-state index contributed by atoms with van der Waals surface area (Å²) in [5.74, 6) is -1.07. The minimum atomic E-state index is -3.72. The Morgan fingerprint density at radius 1 is 1.08 bits per heavy atom. The van der Waals surface area contributed by atoms with Gasteiger partial charge in [0, 0.05) is 27.4 Å². The summed E-state index contributed by atoms with van der Waals surface area (Å²) in [7, 11) is 4.81. The van der Waals surface area contributed by atoms with Crippen molar-refractivity contribution in [1.29, 1.82) is 0 Å². The van der Waals surface area contributed by atoms with Crippen LogP contribution >= 0.6 is 21.4 Å². The summed E-state index contributed by atoms with van der Waals surface area (Å²) in [4.78, 5) is 0. The summed E-state index contributed by atoms with van der Waals surface area (Å²) in [6.45, 7) is 0. The maximum Gasteiger partial charge on any atom is 0.317 e. The Labute approximate surface area is 83.0 Å². The van der Waals surface area contributed by atoms with E-state index in [2.05, 4.69) is 21.4 Å². The molecular weight excluding hydrogens is 245 g/mol. The topological polar surface area (TPSA) is 34.1 Å². The van der Waals surface area contributed by atoms with Gasteiger partial charge in [0.1, 0.15) is 11.6 Å². The Kier molecular flexibility index (Phi) is 5.20. The van der Waals surface area contributed by atoms with E-state index in [4.69, 9.17) is 8.42 Å². The second kappa shape index (κ2) is 5.36. The van der Waals surface area contributed by atoms with Crippen LogP contribution in [0.3, 0.4) is 0 Å². The molecular formula is C6H4Cl2F2O2S. The Morgan fingerprint density at radius 3 is 1.54 bits per heavy atom. The van der Waals surface area contributed by atoms with Crippen LogP contribution < -0.4 is 0 Å². The first-order chi connectivity index (χ1) is 5.79. The number of hydrogen-bond donors (Lipinski definition) is 0. The highest BCUT2D eigenvalue weighted by Crippen LogP contribution is 1.99. The van der Waals surface area contributed by atoms with Gasteiger partial charge in [-0.1, -0.05) is 6.07 Å². The lowest BCUT2D eigenvalue weighted by Gasteiger charge is -1.84. The fourth-order valence-corrected chi connectivity index (χ4v) is 0.460. The van der Waals surface area contributed by atoms with E-state index >= 15 is 0 Å². The molecule has 0 spiro atoms. The molecule has 0 saturated heterocycles. The van der Waals surface area contributed by atoms with E-state index in [9.17, 15) is 8.78 Å². The fourth-order valence-electron chi connectivity index (χ4n) is 0.460. The van der Waals surface area contributed by atoms with Gasteiger partial charge in [-0.2, -0.15) is 8.42 Å². The quantitative estimate of drug-likeness (QED) is 0.662. The largest absolute Gasteiger partial charge is 0.317 e. The summed E-state index contributed by atoms with van der Waals surface area (Å²) in [5, 5.41) is 0. The highest BCUT2D eigenvalue weighted by Gasteiger charge is 1.89.